The van der Waals surface area contributed by atoms with E-state index in [1.807, 2.05) is 60.0 Å². The van der Waals surface area contributed by atoms with E-state index in [1.54, 1.807) is 4.57 Å². The zero-order valence-corrected chi connectivity index (χ0v) is 18.2. The van der Waals surface area contributed by atoms with Gasteiger partial charge in [-0.15, -0.1) is 0 Å². The first-order valence-corrected chi connectivity index (χ1v) is 10.1. The SMILES string of the molecule is Cc1ccc(-c2n[nH]c(=S)n2CC(=O)Nc2nc3ccccc3n2C(C)(C)C)cc1. The number of carbonyl (C=O) groups is 1. The van der Waals surface area contributed by atoms with Gasteiger partial charge in [0.2, 0.25) is 11.9 Å². The zero-order valence-electron chi connectivity index (χ0n) is 17.4. The predicted molar refractivity (Wildman–Crippen MR) is 121 cm³/mol. The van der Waals surface area contributed by atoms with Crippen molar-refractivity contribution in [1.82, 2.24) is 24.3 Å². The number of rotatable bonds is 4. The molecule has 0 aliphatic heterocycles. The normalized spacial score (nSPS) is 11.7. The van der Waals surface area contributed by atoms with Gasteiger partial charge in [-0.05, 0) is 52.0 Å². The van der Waals surface area contributed by atoms with Crippen LogP contribution >= 0.6 is 12.2 Å². The summed E-state index contributed by atoms with van der Waals surface area (Å²) in [6, 6.07) is 15.8. The van der Waals surface area contributed by atoms with E-state index < -0.39 is 0 Å². The number of fused-ring (bicyclic) bond motifs is 1. The maximum absolute atomic E-state index is 13.0. The lowest BCUT2D eigenvalue weighted by Crippen LogP contribution is -2.27. The molecule has 4 rings (SSSR count). The van der Waals surface area contributed by atoms with E-state index in [2.05, 4.69) is 41.3 Å². The molecule has 2 aromatic carbocycles. The molecule has 0 bridgehead atoms. The number of imidazole rings is 1. The molecule has 0 aliphatic carbocycles. The minimum absolute atomic E-state index is 0.0336. The van der Waals surface area contributed by atoms with E-state index in [0.717, 1.165) is 22.2 Å². The van der Waals surface area contributed by atoms with Gasteiger partial charge >= 0.3 is 0 Å². The first-order chi connectivity index (χ1) is 14.2. The van der Waals surface area contributed by atoms with Crippen LogP contribution in [0.2, 0.25) is 0 Å². The fraction of sp³-hybridized carbons (Fsp3) is 0.273. The number of hydrogen-bond donors (Lipinski definition) is 2. The second-order valence-electron chi connectivity index (χ2n) is 8.28. The maximum Gasteiger partial charge on any atom is 0.246 e. The van der Waals surface area contributed by atoms with Crippen molar-refractivity contribution in [3.8, 4) is 11.4 Å². The topological polar surface area (TPSA) is 80.5 Å². The van der Waals surface area contributed by atoms with Gasteiger partial charge in [0.1, 0.15) is 6.54 Å². The molecule has 4 aromatic rings. The fourth-order valence-electron chi connectivity index (χ4n) is 3.48. The molecule has 0 unspecified atom stereocenters. The van der Waals surface area contributed by atoms with Crippen LogP contribution in [-0.4, -0.2) is 30.2 Å². The summed E-state index contributed by atoms with van der Waals surface area (Å²) < 4.78 is 4.12. The molecule has 8 heteroatoms. The summed E-state index contributed by atoms with van der Waals surface area (Å²) in [5, 5.41) is 10.1. The largest absolute Gasteiger partial charge is 0.305 e. The molecule has 7 nitrogen and oxygen atoms in total. The molecule has 1 amide bonds. The van der Waals surface area contributed by atoms with Gasteiger partial charge in [-0.2, -0.15) is 5.10 Å². The Morgan fingerprint density at radius 3 is 2.53 bits per heavy atom. The Hall–Kier alpha value is -3.26. The van der Waals surface area contributed by atoms with E-state index in [1.165, 1.54) is 0 Å². The minimum atomic E-state index is -0.252. The summed E-state index contributed by atoms with van der Waals surface area (Å²) in [4.78, 5) is 17.6. The molecule has 154 valence electrons. The molecule has 0 saturated carbocycles. The van der Waals surface area contributed by atoms with Crippen molar-refractivity contribution in [1.29, 1.82) is 0 Å². The van der Waals surface area contributed by atoms with E-state index in [4.69, 9.17) is 12.2 Å². The maximum atomic E-state index is 13.0. The quantitative estimate of drug-likeness (QED) is 0.471. The van der Waals surface area contributed by atoms with Gasteiger partial charge in [0.15, 0.2) is 10.6 Å². The Morgan fingerprint density at radius 2 is 1.83 bits per heavy atom. The number of aromatic nitrogens is 5. The molecular weight excluding hydrogens is 396 g/mol. The van der Waals surface area contributed by atoms with Crippen LogP contribution in [-0.2, 0) is 16.9 Å². The van der Waals surface area contributed by atoms with Crippen molar-refractivity contribution in [2.45, 2.75) is 39.8 Å². The summed E-state index contributed by atoms with van der Waals surface area (Å²) in [5.74, 6) is 0.918. The fourth-order valence-corrected chi connectivity index (χ4v) is 3.68. The van der Waals surface area contributed by atoms with Gasteiger partial charge in [0.05, 0.1) is 11.0 Å². The van der Waals surface area contributed by atoms with E-state index in [9.17, 15) is 4.79 Å². The Morgan fingerprint density at radius 1 is 1.13 bits per heavy atom. The van der Waals surface area contributed by atoms with Gasteiger partial charge in [-0.1, -0.05) is 42.0 Å². The summed E-state index contributed by atoms with van der Waals surface area (Å²) in [6.07, 6.45) is 0. The first-order valence-electron chi connectivity index (χ1n) is 9.74. The Kier molecular flexibility index (Phi) is 5.03. The molecule has 0 fully saturated rings. The van der Waals surface area contributed by atoms with Gasteiger partial charge in [-0.3, -0.25) is 19.8 Å². The molecule has 0 saturated heterocycles. The molecule has 2 N–H and O–H groups in total. The van der Waals surface area contributed by atoms with E-state index in [-0.39, 0.29) is 18.0 Å². The Bertz CT molecular complexity index is 1270. The highest BCUT2D eigenvalue weighted by molar-refractivity contribution is 7.71. The Labute approximate surface area is 179 Å². The van der Waals surface area contributed by atoms with Crippen LogP contribution in [0.1, 0.15) is 26.3 Å². The number of anilines is 1. The van der Waals surface area contributed by atoms with Crippen molar-refractivity contribution in [2.24, 2.45) is 0 Å². The van der Waals surface area contributed by atoms with Crippen molar-refractivity contribution in [3.05, 3.63) is 58.9 Å². The van der Waals surface area contributed by atoms with Crippen molar-refractivity contribution >= 4 is 35.1 Å². The summed E-state index contributed by atoms with van der Waals surface area (Å²) in [6.45, 7) is 8.30. The monoisotopic (exact) mass is 420 g/mol. The average molecular weight is 421 g/mol. The number of hydrogen-bond acceptors (Lipinski definition) is 4. The molecule has 0 spiro atoms. The van der Waals surface area contributed by atoms with Crippen LogP contribution in [0.4, 0.5) is 5.95 Å². The summed E-state index contributed by atoms with van der Waals surface area (Å²) >= 11 is 5.36. The van der Waals surface area contributed by atoms with Crippen LogP contribution < -0.4 is 5.32 Å². The van der Waals surface area contributed by atoms with Gasteiger partial charge in [-0.25, -0.2) is 4.98 Å². The second kappa shape index (κ2) is 7.53. The molecular formula is C22H24N6OS. The molecule has 0 atom stereocenters. The standard InChI is InChI=1S/C22H24N6OS/c1-14-9-11-15(12-10-14)19-25-26-21(30)27(19)13-18(29)24-20-23-16-7-5-6-8-17(16)28(20)22(2,3)4/h5-12H,13H2,1-4H3,(H,26,30)(H,23,24,29). The third kappa shape index (κ3) is 3.78. The number of amides is 1. The summed E-state index contributed by atoms with van der Waals surface area (Å²) in [7, 11) is 0. The number of aromatic amines is 1. The van der Waals surface area contributed by atoms with Crippen molar-refractivity contribution < 1.29 is 4.79 Å². The van der Waals surface area contributed by atoms with E-state index in [0.29, 0.717) is 16.5 Å². The Balaban J connectivity index is 1.65. The van der Waals surface area contributed by atoms with Gasteiger partial charge in [0, 0.05) is 11.1 Å². The number of nitrogens with zero attached hydrogens (tertiary/aromatic N) is 4. The lowest BCUT2D eigenvalue weighted by Gasteiger charge is -2.24. The minimum Gasteiger partial charge on any atom is -0.305 e. The number of para-hydroxylation sites is 2. The van der Waals surface area contributed by atoms with Crippen molar-refractivity contribution in [2.75, 3.05) is 5.32 Å². The van der Waals surface area contributed by atoms with E-state index >= 15 is 0 Å². The van der Waals surface area contributed by atoms with Crippen molar-refractivity contribution in [3.63, 3.8) is 0 Å². The molecule has 2 heterocycles. The highest BCUT2D eigenvalue weighted by atomic mass is 32.1. The number of carbonyl (C=O) groups excluding carboxylic acids is 1. The van der Waals surface area contributed by atoms with Gasteiger partial charge < -0.3 is 4.57 Å². The van der Waals surface area contributed by atoms with Crippen LogP contribution in [0.3, 0.4) is 0 Å². The lowest BCUT2D eigenvalue weighted by atomic mass is 10.1. The first kappa shape index (κ1) is 20.0. The van der Waals surface area contributed by atoms with Crippen LogP contribution in [0.5, 0.6) is 0 Å². The number of aryl methyl sites for hydroxylation is 1. The smallest absolute Gasteiger partial charge is 0.246 e. The molecule has 0 radical (unpaired) electrons. The molecule has 0 aliphatic rings. The lowest BCUT2D eigenvalue weighted by molar-refractivity contribution is -0.116. The molecule has 2 aromatic heterocycles. The highest BCUT2D eigenvalue weighted by Crippen LogP contribution is 2.28. The van der Waals surface area contributed by atoms with Crippen LogP contribution in [0.25, 0.3) is 22.4 Å². The number of benzene rings is 2. The van der Waals surface area contributed by atoms with Gasteiger partial charge in [0.25, 0.3) is 0 Å². The van der Waals surface area contributed by atoms with Crippen LogP contribution in [0.15, 0.2) is 48.5 Å². The third-order valence-electron chi connectivity index (χ3n) is 4.85. The zero-order chi connectivity index (χ0) is 21.5. The predicted octanol–water partition coefficient (Wildman–Crippen LogP) is 4.66. The molecule has 30 heavy (non-hydrogen) atoms. The number of nitrogens with one attached hydrogen (secondary N) is 2. The average Bonchev–Trinajstić information content (AvgIpc) is 3.22. The highest BCUT2D eigenvalue weighted by Gasteiger charge is 2.23. The second-order valence-corrected chi connectivity index (χ2v) is 8.67. The van der Waals surface area contributed by atoms with Crippen LogP contribution in [0, 0.1) is 11.7 Å². The third-order valence-corrected chi connectivity index (χ3v) is 5.16. The summed E-state index contributed by atoms with van der Waals surface area (Å²) in [5.41, 5.74) is 3.60. The number of H-pyrrole nitrogens is 1.